The quantitative estimate of drug-likeness (QED) is 0.465. The van der Waals surface area contributed by atoms with Gasteiger partial charge in [-0.05, 0) is 6.42 Å². The van der Waals surface area contributed by atoms with E-state index in [2.05, 4.69) is 15.0 Å². The SMILES string of the molecule is Nc1nc(=S)c2ncn([C@@H]3C[C@H](CO)[C@@H](O)[C@H]3O)c2[nH]1. The molecule has 1 saturated carbocycles. The largest absolute Gasteiger partial charge is 0.396 e. The number of rotatable bonds is 2. The van der Waals surface area contributed by atoms with Crippen LogP contribution >= 0.6 is 12.2 Å². The molecule has 0 aromatic carbocycles. The molecule has 4 atom stereocenters. The molecule has 9 heteroatoms. The van der Waals surface area contributed by atoms with Crippen LogP contribution in [0.3, 0.4) is 0 Å². The number of nitrogens with zero attached hydrogens (tertiary/aromatic N) is 3. The van der Waals surface area contributed by atoms with E-state index < -0.39 is 18.2 Å². The summed E-state index contributed by atoms with van der Waals surface area (Å²) >= 11 is 5.09. The minimum Gasteiger partial charge on any atom is -0.396 e. The Morgan fingerprint density at radius 2 is 2.20 bits per heavy atom. The number of nitrogens with one attached hydrogen (secondary N) is 1. The fourth-order valence-corrected chi connectivity index (χ4v) is 3.01. The Kier molecular flexibility index (Phi) is 3.21. The zero-order chi connectivity index (χ0) is 14.4. The van der Waals surface area contributed by atoms with Crippen molar-refractivity contribution >= 4 is 29.3 Å². The van der Waals surface area contributed by atoms with Crippen LogP contribution in [0.4, 0.5) is 5.95 Å². The zero-order valence-electron chi connectivity index (χ0n) is 10.5. The summed E-state index contributed by atoms with van der Waals surface area (Å²) < 4.78 is 1.97. The van der Waals surface area contributed by atoms with Gasteiger partial charge >= 0.3 is 0 Å². The molecule has 0 unspecified atom stereocenters. The van der Waals surface area contributed by atoms with Gasteiger partial charge in [-0.25, -0.2) is 9.97 Å². The number of imidazole rings is 1. The summed E-state index contributed by atoms with van der Waals surface area (Å²) in [6.07, 6.45) is 0.0106. The van der Waals surface area contributed by atoms with E-state index in [9.17, 15) is 15.3 Å². The van der Waals surface area contributed by atoms with Crippen molar-refractivity contribution in [1.29, 1.82) is 0 Å². The normalized spacial score (nSPS) is 30.1. The Morgan fingerprint density at radius 3 is 2.85 bits per heavy atom. The Hall–Kier alpha value is -1.55. The summed E-state index contributed by atoms with van der Waals surface area (Å²) in [5.74, 6) is -0.203. The predicted molar refractivity (Wildman–Crippen MR) is 73.4 cm³/mol. The van der Waals surface area contributed by atoms with Gasteiger partial charge in [0.1, 0.15) is 17.3 Å². The predicted octanol–water partition coefficient (Wildman–Crippen LogP) is -0.654. The van der Waals surface area contributed by atoms with E-state index in [4.69, 9.17) is 18.0 Å². The maximum absolute atomic E-state index is 10.1. The lowest BCUT2D eigenvalue weighted by atomic mass is 10.1. The second-order valence-electron chi connectivity index (χ2n) is 5.00. The maximum atomic E-state index is 10.1. The monoisotopic (exact) mass is 297 g/mol. The van der Waals surface area contributed by atoms with Crippen LogP contribution in [-0.2, 0) is 0 Å². The molecule has 1 aliphatic carbocycles. The van der Waals surface area contributed by atoms with Crippen molar-refractivity contribution in [3.8, 4) is 0 Å². The van der Waals surface area contributed by atoms with Crippen molar-refractivity contribution in [2.45, 2.75) is 24.7 Å². The van der Waals surface area contributed by atoms with Crippen molar-refractivity contribution in [3.05, 3.63) is 11.0 Å². The van der Waals surface area contributed by atoms with E-state index in [1.165, 1.54) is 6.33 Å². The van der Waals surface area contributed by atoms with Crippen LogP contribution in [-0.4, -0.2) is 53.7 Å². The van der Waals surface area contributed by atoms with Crippen molar-refractivity contribution in [1.82, 2.24) is 19.5 Å². The summed E-state index contributed by atoms with van der Waals surface area (Å²) in [5.41, 5.74) is 6.68. The second-order valence-corrected chi connectivity index (χ2v) is 5.39. The number of H-pyrrole nitrogens is 1. The van der Waals surface area contributed by atoms with E-state index in [-0.39, 0.29) is 23.1 Å². The number of fused-ring (bicyclic) bond motifs is 1. The summed E-state index contributed by atoms with van der Waals surface area (Å²) in [7, 11) is 0. The van der Waals surface area contributed by atoms with Gasteiger partial charge in [0.15, 0.2) is 10.6 Å². The van der Waals surface area contributed by atoms with Crippen LogP contribution in [0.25, 0.3) is 11.2 Å². The van der Waals surface area contributed by atoms with Gasteiger partial charge in [0, 0.05) is 12.5 Å². The number of hydrogen-bond acceptors (Lipinski definition) is 7. The van der Waals surface area contributed by atoms with Crippen molar-refractivity contribution in [3.63, 3.8) is 0 Å². The highest BCUT2D eigenvalue weighted by molar-refractivity contribution is 7.71. The van der Waals surface area contributed by atoms with E-state index in [0.717, 1.165) is 0 Å². The molecule has 0 spiro atoms. The highest BCUT2D eigenvalue weighted by atomic mass is 32.1. The summed E-state index contributed by atoms with van der Waals surface area (Å²) in [5, 5.41) is 29.2. The lowest BCUT2D eigenvalue weighted by Gasteiger charge is -2.18. The molecule has 3 rings (SSSR count). The first-order valence-corrected chi connectivity index (χ1v) is 6.63. The first-order chi connectivity index (χ1) is 9.52. The number of nitrogens with two attached hydrogens (primary N) is 1. The summed E-state index contributed by atoms with van der Waals surface area (Å²) in [6.45, 7) is -0.180. The lowest BCUT2D eigenvalue weighted by molar-refractivity contribution is -0.00370. The van der Waals surface area contributed by atoms with E-state index in [1.54, 1.807) is 4.57 Å². The number of anilines is 1. The third-order valence-corrected chi connectivity index (χ3v) is 4.11. The van der Waals surface area contributed by atoms with Gasteiger partial charge in [-0.2, -0.15) is 0 Å². The van der Waals surface area contributed by atoms with Crippen LogP contribution in [0.15, 0.2) is 6.33 Å². The van der Waals surface area contributed by atoms with Gasteiger partial charge in [0.05, 0.1) is 18.5 Å². The molecule has 0 saturated heterocycles. The minimum absolute atomic E-state index is 0.163. The molecule has 2 aromatic heterocycles. The molecule has 1 aliphatic rings. The zero-order valence-corrected chi connectivity index (χ0v) is 11.3. The van der Waals surface area contributed by atoms with Gasteiger partial charge in [0.2, 0.25) is 0 Å². The molecular formula is C11H15N5O3S. The highest BCUT2D eigenvalue weighted by Gasteiger charge is 2.42. The average Bonchev–Trinajstić information content (AvgIpc) is 2.93. The third kappa shape index (κ3) is 1.90. The molecule has 20 heavy (non-hydrogen) atoms. The molecule has 108 valence electrons. The standard InChI is InChI=1S/C11H15N5O3S/c12-11-14-9-6(10(20)15-11)13-3-16(9)5-1-4(2-17)7(18)8(5)19/h3-5,7-8,17-19H,1-2H2,(H3,12,14,15,20)/t4-,5-,7-,8+/m1/s1. The average molecular weight is 297 g/mol. The smallest absolute Gasteiger partial charge is 0.200 e. The Morgan fingerprint density at radius 1 is 1.45 bits per heavy atom. The number of hydrogen-bond donors (Lipinski definition) is 5. The molecule has 2 aromatic rings. The maximum Gasteiger partial charge on any atom is 0.200 e. The number of aromatic nitrogens is 4. The summed E-state index contributed by atoms with van der Waals surface area (Å²) in [6, 6.07) is -0.403. The molecule has 1 fully saturated rings. The van der Waals surface area contributed by atoms with Crippen LogP contribution < -0.4 is 5.73 Å². The third-order valence-electron chi connectivity index (χ3n) is 3.83. The number of aliphatic hydroxyl groups is 3. The van der Waals surface area contributed by atoms with Crippen LogP contribution in [0.2, 0.25) is 0 Å². The molecular weight excluding hydrogens is 282 g/mol. The molecule has 8 nitrogen and oxygen atoms in total. The number of nitrogen functional groups attached to an aromatic ring is 1. The van der Waals surface area contributed by atoms with Crippen LogP contribution in [0.5, 0.6) is 0 Å². The van der Waals surface area contributed by atoms with Gasteiger partial charge in [-0.1, -0.05) is 12.2 Å². The Balaban J connectivity index is 2.09. The molecule has 0 radical (unpaired) electrons. The van der Waals surface area contributed by atoms with Gasteiger partial charge < -0.3 is 30.6 Å². The van der Waals surface area contributed by atoms with Crippen molar-refractivity contribution in [2.24, 2.45) is 5.92 Å². The van der Waals surface area contributed by atoms with E-state index in [1.807, 2.05) is 0 Å². The summed E-state index contributed by atoms with van der Waals surface area (Å²) in [4.78, 5) is 11.0. The van der Waals surface area contributed by atoms with Gasteiger partial charge in [0.25, 0.3) is 0 Å². The van der Waals surface area contributed by atoms with E-state index >= 15 is 0 Å². The second kappa shape index (κ2) is 4.77. The molecule has 0 bridgehead atoms. The fraction of sp³-hybridized carbons (Fsp3) is 0.545. The van der Waals surface area contributed by atoms with Crippen molar-refractivity contribution in [2.75, 3.05) is 12.3 Å². The van der Waals surface area contributed by atoms with Crippen molar-refractivity contribution < 1.29 is 15.3 Å². The lowest BCUT2D eigenvalue weighted by Crippen LogP contribution is -2.30. The van der Waals surface area contributed by atoms with Crippen LogP contribution in [0, 0.1) is 10.6 Å². The van der Waals surface area contributed by atoms with Crippen LogP contribution in [0.1, 0.15) is 12.5 Å². The molecule has 0 amide bonds. The fourth-order valence-electron chi connectivity index (χ4n) is 2.76. The molecule has 6 N–H and O–H groups in total. The first kappa shape index (κ1) is 13.4. The minimum atomic E-state index is -0.985. The van der Waals surface area contributed by atoms with Gasteiger partial charge in [-0.3, -0.25) is 0 Å². The Labute approximate surface area is 118 Å². The Bertz CT molecular complexity index is 699. The number of aliphatic hydroxyl groups excluding tert-OH is 3. The van der Waals surface area contributed by atoms with E-state index in [0.29, 0.717) is 17.6 Å². The molecule has 2 heterocycles. The number of aromatic amines is 1. The topological polar surface area (TPSA) is 133 Å². The highest BCUT2D eigenvalue weighted by Crippen LogP contribution is 2.36. The first-order valence-electron chi connectivity index (χ1n) is 6.22. The molecule has 0 aliphatic heterocycles. The van der Waals surface area contributed by atoms with Gasteiger partial charge in [-0.15, -0.1) is 0 Å².